The molecule has 0 aliphatic carbocycles. The lowest BCUT2D eigenvalue weighted by molar-refractivity contribution is -0.117. The van der Waals surface area contributed by atoms with E-state index in [2.05, 4.69) is 10.6 Å². The summed E-state index contributed by atoms with van der Waals surface area (Å²) in [7, 11) is 0. The molecule has 1 aromatic rings. The Morgan fingerprint density at radius 2 is 2.05 bits per heavy atom. The number of hydrogen-bond donors (Lipinski definition) is 3. The largest absolute Gasteiger partial charge is 0.352 e. The van der Waals surface area contributed by atoms with Gasteiger partial charge in [-0.3, -0.25) is 9.59 Å². The quantitative estimate of drug-likeness (QED) is 0.686. The predicted molar refractivity (Wildman–Crippen MR) is 85.1 cm³/mol. The number of amides is 2. The summed E-state index contributed by atoms with van der Waals surface area (Å²) in [5, 5.41) is 5.63. The van der Waals surface area contributed by atoms with Crippen molar-refractivity contribution in [3.63, 3.8) is 0 Å². The molecule has 0 aliphatic heterocycles. The minimum Gasteiger partial charge on any atom is -0.352 e. The molecule has 1 aromatic carbocycles. The fraction of sp³-hybridized carbons (Fsp3) is 0.500. The second-order valence-electron chi connectivity index (χ2n) is 5.10. The Bertz CT molecular complexity index is 470. The van der Waals surface area contributed by atoms with Crippen molar-refractivity contribution >= 4 is 17.5 Å². The van der Waals surface area contributed by atoms with E-state index < -0.39 is 0 Å². The van der Waals surface area contributed by atoms with Crippen LogP contribution in [0.2, 0.25) is 0 Å². The predicted octanol–water partition coefficient (Wildman–Crippen LogP) is 2.14. The Kier molecular flexibility index (Phi) is 7.46. The second-order valence-corrected chi connectivity index (χ2v) is 5.10. The Hall–Kier alpha value is -1.88. The molecule has 0 radical (unpaired) electrons. The topological polar surface area (TPSA) is 84.2 Å². The van der Waals surface area contributed by atoms with Gasteiger partial charge < -0.3 is 16.4 Å². The van der Waals surface area contributed by atoms with Gasteiger partial charge in [-0.15, -0.1) is 0 Å². The monoisotopic (exact) mass is 291 g/mol. The molecule has 1 atom stereocenters. The first-order chi connectivity index (χ1) is 10.1. The van der Waals surface area contributed by atoms with Gasteiger partial charge in [-0.25, -0.2) is 0 Å². The number of carbonyl (C=O) groups is 2. The van der Waals surface area contributed by atoms with E-state index in [1.54, 1.807) is 24.3 Å². The van der Waals surface area contributed by atoms with Crippen LogP contribution in [-0.2, 0) is 4.79 Å². The van der Waals surface area contributed by atoms with Crippen molar-refractivity contribution in [3.8, 4) is 0 Å². The summed E-state index contributed by atoms with van der Waals surface area (Å²) in [5.41, 5.74) is 6.79. The first-order valence-electron chi connectivity index (χ1n) is 7.48. The van der Waals surface area contributed by atoms with Crippen LogP contribution in [0, 0.1) is 5.92 Å². The van der Waals surface area contributed by atoms with Gasteiger partial charge in [-0.05, 0) is 37.1 Å². The molecule has 1 unspecified atom stereocenters. The molecule has 2 amide bonds. The lowest BCUT2D eigenvalue weighted by atomic mass is 10.0. The van der Waals surface area contributed by atoms with Crippen molar-refractivity contribution in [3.05, 3.63) is 29.8 Å². The van der Waals surface area contributed by atoms with E-state index in [9.17, 15) is 9.59 Å². The summed E-state index contributed by atoms with van der Waals surface area (Å²) in [5.74, 6) is 0.000735. The zero-order chi connectivity index (χ0) is 15.7. The van der Waals surface area contributed by atoms with Crippen LogP contribution >= 0.6 is 0 Å². The van der Waals surface area contributed by atoms with Crippen molar-refractivity contribution in [1.29, 1.82) is 0 Å². The Balaban J connectivity index is 2.63. The van der Waals surface area contributed by atoms with E-state index in [0.29, 0.717) is 30.8 Å². The maximum Gasteiger partial charge on any atom is 0.251 e. The van der Waals surface area contributed by atoms with Crippen molar-refractivity contribution in [2.45, 2.75) is 33.1 Å². The zero-order valence-electron chi connectivity index (χ0n) is 12.8. The lowest BCUT2D eigenvalue weighted by Gasteiger charge is -2.12. The normalized spacial score (nSPS) is 11.8. The highest BCUT2D eigenvalue weighted by Gasteiger charge is 2.11. The second kappa shape index (κ2) is 9.13. The molecule has 116 valence electrons. The van der Waals surface area contributed by atoms with Gasteiger partial charge in [0, 0.05) is 24.2 Å². The number of carbonyl (C=O) groups excluding carboxylic acids is 2. The number of hydrogen-bond acceptors (Lipinski definition) is 3. The van der Waals surface area contributed by atoms with Gasteiger partial charge in [0.1, 0.15) is 0 Å². The van der Waals surface area contributed by atoms with Crippen LogP contribution in [0.25, 0.3) is 0 Å². The molecule has 0 saturated heterocycles. The molecular formula is C16H25N3O2. The summed E-state index contributed by atoms with van der Waals surface area (Å²) in [6.07, 6.45) is 2.17. The molecule has 0 bridgehead atoms. The zero-order valence-corrected chi connectivity index (χ0v) is 12.8. The molecule has 0 saturated carbocycles. The van der Waals surface area contributed by atoms with Crippen LogP contribution in [0.3, 0.4) is 0 Å². The summed E-state index contributed by atoms with van der Waals surface area (Å²) in [6, 6.07) is 6.95. The molecule has 0 aromatic heterocycles. The molecule has 21 heavy (non-hydrogen) atoms. The van der Waals surface area contributed by atoms with Crippen LogP contribution in [0.15, 0.2) is 24.3 Å². The fourth-order valence-corrected chi connectivity index (χ4v) is 1.95. The molecule has 4 N–H and O–H groups in total. The molecule has 1 rings (SSSR count). The molecule has 0 fully saturated rings. The van der Waals surface area contributed by atoms with Gasteiger partial charge in [0.05, 0.1) is 0 Å². The average Bonchev–Trinajstić information content (AvgIpc) is 2.50. The van der Waals surface area contributed by atoms with Crippen LogP contribution in [-0.4, -0.2) is 24.9 Å². The van der Waals surface area contributed by atoms with Gasteiger partial charge >= 0.3 is 0 Å². The third kappa shape index (κ3) is 5.95. The summed E-state index contributed by atoms with van der Waals surface area (Å²) in [6.45, 7) is 5.16. The molecule has 0 aliphatic rings. The van der Waals surface area contributed by atoms with E-state index in [-0.39, 0.29) is 17.7 Å². The maximum absolute atomic E-state index is 11.9. The van der Waals surface area contributed by atoms with Crippen molar-refractivity contribution < 1.29 is 9.59 Å². The number of rotatable bonds is 8. The van der Waals surface area contributed by atoms with Gasteiger partial charge in [0.15, 0.2) is 0 Å². The molecule has 0 spiro atoms. The molecule has 5 heteroatoms. The summed E-state index contributed by atoms with van der Waals surface area (Å²) in [4.78, 5) is 23.8. The minimum atomic E-state index is -0.124. The van der Waals surface area contributed by atoms with Gasteiger partial charge in [-0.1, -0.05) is 26.3 Å². The first kappa shape index (κ1) is 17.2. The highest BCUT2D eigenvalue weighted by Crippen LogP contribution is 2.13. The van der Waals surface area contributed by atoms with Crippen molar-refractivity contribution in [2.24, 2.45) is 11.7 Å². The number of nitrogens with two attached hydrogens (primary N) is 1. The Morgan fingerprint density at radius 3 is 2.67 bits per heavy atom. The van der Waals surface area contributed by atoms with E-state index in [0.717, 1.165) is 12.8 Å². The van der Waals surface area contributed by atoms with Crippen LogP contribution in [0.4, 0.5) is 5.69 Å². The molecule has 5 nitrogen and oxygen atoms in total. The number of benzene rings is 1. The van der Waals surface area contributed by atoms with Crippen molar-refractivity contribution in [2.75, 3.05) is 18.4 Å². The Labute approximate surface area is 126 Å². The molecule has 0 heterocycles. The lowest BCUT2D eigenvalue weighted by Crippen LogP contribution is -2.24. The van der Waals surface area contributed by atoms with E-state index in [4.69, 9.17) is 5.73 Å². The average molecular weight is 291 g/mol. The fourth-order valence-electron chi connectivity index (χ4n) is 1.95. The summed E-state index contributed by atoms with van der Waals surface area (Å²) < 4.78 is 0. The SMILES string of the molecule is CCCNC(=O)c1cccc(NC(=O)CC(CC)CN)c1. The van der Waals surface area contributed by atoms with Gasteiger partial charge in [0.25, 0.3) is 5.91 Å². The standard InChI is InChI=1S/C16H25N3O2/c1-3-8-18-16(21)13-6-5-7-14(10-13)19-15(20)9-12(4-2)11-17/h5-7,10,12H,3-4,8-9,11,17H2,1-2H3,(H,18,21)(H,19,20). The van der Waals surface area contributed by atoms with E-state index >= 15 is 0 Å². The third-order valence-electron chi connectivity index (χ3n) is 3.33. The van der Waals surface area contributed by atoms with Crippen LogP contribution in [0.1, 0.15) is 43.5 Å². The van der Waals surface area contributed by atoms with E-state index in [1.807, 2.05) is 13.8 Å². The first-order valence-corrected chi connectivity index (χ1v) is 7.48. The Morgan fingerprint density at radius 1 is 1.29 bits per heavy atom. The van der Waals surface area contributed by atoms with Gasteiger partial charge in [0.2, 0.25) is 5.91 Å². The third-order valence-corrected chi connectivity index (χ3v) is 3.33. The minimum absolute atomic E-state index is 0.0709. The van der Waals surface area contributed by atoms with Crippen molar-refractivity contribution in [1.82, 2.24) is 5.32 Å². The number of nitrogens with one attached hydrogen (secondary N) is 2. The molecular weight excluding hydrogens is 266 g/mol. The highest BCUT2D eigenvalue weighted by molar-refractivity contribution is 5.97. The smallest absolute Gasteiger partial charge is 0.251 e. The highest BCUT2D eigenvalue weighted by atomic mass is 16.2. The van der Waals surface area contributed by atoms with Gasteiger partial charge in [-0.2, -0.15) is 0 Å². The van der Waals surface area contributed by atoms with Crippen LogP contribution in [0.5, 0.6) is 0 Å². The van der Waals surface area contributed by atoms with E-state index in [1.165, 1.54) is 0 Å². The maximum atomic E-state index is 11.9. The number of anilines is 1. The van der Waals surface area contributed by atoms with Crippen LogP contribution < -0.4 is 16.4 Å². The summed E-state index contributed by atoms with van der Waals surface area (Å²) >= 11 is 0.